The van der Waals surface area contributed by atoms with E-state index in [9.17, 15) is 9.18 Å². The summed E-state index contributed by atoms with van der Waals surface area (Å²) in [5.74, 6) is 0.940. The van der Waals surface area contributed by atoms with Gasteiger partial charge in [0.25, 0.3) is 0 Å². The molecule has 166 valence electrons. The van der Waals surface area contributed by atoms with Crippen molar-refractivity contribution in [3.8, 4) is 34.0 Å². The van der Waals surface area contributed by atoms with Crippen molar-refractivity contribution in [2.75, 3.05) is 19.5 Å². The number of halogens is 1. The molecule has 0 aliphatic carbocycles. The molecule has 4 rings (SSSR count). The fraction of sp³-hybridized carbons (Fsp3) is 0.111. The summed E-state index contributed by atoms with van der Waals surface area (Å²) in [5.41, 5.74) is 4.73. The molecule has 0 atom stereocenters. The number of carbonyl (C=O) groups is 1. The average Bonchev–Trinajstić information content (AvgIpc) is 2.85. The highest BCUT2D eigenvalue weighted by Gasteiger charge is 2.11. The van der Waals surface area contributed by atoms with Crippen LogP contribution in [0.5, 0.6) is 11.5 Å². The maximum Gasteiger partial charge on any atom is 0.228 e. The smallest absolute Gasteiger partial charge is 0.228 e. The zero-order valence-corrected chi connectivity index (χ0v) is 18.3. The summed E-state index contributed by atoms with van der Waals surface area (Å²) in [7, 11) is 3.24. The molecule has 6 heteroatoms. The summed E-state index contributed by atoms with van der Waals surface area (Å²) >= 11 is 0. The standard InChI is InChI=1S/C27H23FN2O3/c1-32-22-14-15-26(33-2)23(17-22)25-5-3-4-24(30-25)19-8-12-21(13-9-19)29-27(31)16-18-6-10-20(28)11-7-18/h3-15,17H,16H2,1-2H3,(H,29,31). The summed E-state index contributed by atoms with van der Waals surface area (Å²) in [6.07, 6.45) is 0.175. The van der Waals surface area contributed by atoms with Crippen LogP contribution in [0.15, 0.2) is 84.9 Å². The van der Waals surface area contributed by atoms with Gasteiger partial charge in [-0.3, -0.25) is 4.79 Å². The molecule has 1 N–H and O–H groups in total. The van der Waals surface area contributed by atoms with Gasteiger partial charge >= 0.3 is 0 Å². The Morgan fingerprint density at radius 1 is 0.879 bits per heavy atom. The second-order valence-corrected chi connectivity index (χ2v) is 7.40. The second kappa shape index (κ2) is 9.96. The first-order chi connectivity index (χ1) is 16.1. The molecule has 0 unspecified atom stereocenters. The molecule has 3 aromatic carbocycles. The number of anilines is 1. The fourth-order valence-corrected chi connectivity index (χ4v) is 3.48. The molecule has 0 saturated heterocycles. The molecule has 0 spiro atoms. The molecule has 1 heterocycles. The highest BCUT2D eigenvalue weighted by Crippen LogP contribution is 2.33. The van der Waals surface area contributed by atoms with E-state index in [1.165, 1.54) is 12.1 Å². The Balaban J connectivity index is 1.50. The van der Waals surface area contributed by atoms with Crippen LogP contribution in [0.4, 0.5) is 10.1 Å². The molecule has 0 aliphatic rings. The van der Waals surface area contributed by atoms with Crippen molar-refractivity contribution in [1.29, 1.82) is 0 Å². The van der Waals surface area contributed by atoms with Crippen molar-refractivity contribution in [2.45, 2.75) is 6.42 Å². The molecule has 0 fully saturated rings. The minimum atomic E-state index is -0.322. The molecular formula is C27H23FN2O3. The van der Waals surface area contributed by atoms with Gasteiger partial charge < -0.3 is 14.8 Å². The molecule has 0 saturated carbocycles. The van der Waals surface area contributed by atoms with Crippen LogP contribution in [0.1, 0.15) is 5.56 Å². The lowest BCUT2D eigenvalue weighted by atomic mass is 10.1. The minimum absolute atomic E-state index is 0.167. The van der Waals surface area contributed by atoms with Gasteiger partial charge in [-0.05, 0) is 60.2 Å². The quantitative estimate of drug-likeness (QED) is 0.396. The van der Waals surface area contributed by atoms with Gasteiger partial charge in [0.2, 0.25) is 5.91 Å². The van der Waals surface area contributed by atoms with Gasteiger partial charge in [-0.25, -0.2) is 9.37 Å². The van der Waals surface area contributed by atoms with Crippen LogP contribution in [0, 0.1) is 5.82 Å². The lowest BCUT2D eigenvalue weighted by Crippen LogP contribution is -2.14. The van der Waals surface area contributed by atoms with Crippen molar-refractivity contribution in [3.05, 3.63) is 96.3 Å². The number of ether oxygens (including phenoxy) is 2. The van der Waals surface area contributed by atoms with Gasteiger partial charge in [0.05, 0.1) is 32.0 Å². The minimum Gasteiger partial charge on any atom is -0.497 e. The number of amides is 1. The zero-order valence-electron chi connectivity index (χ0n) is 18.3. The Hall–Kier alpha value is -4.19. The summed E-state index contributed by atoms with van der Waals surface area (Å²) < 4.78 is 23.9. The summed E-state index contributed by atoms with van der Waals surface area (Å²) in [6, 6.07) is 24.8. The van der Waals surface area contributed by atoms with E-state index >= 15 is 0 Å². The maximum absolute atomic E-state index is 13.0. The van der Waals surface area contributed by atoms with E-state index in [1.54, 1.807) is 26.4 Å². The van der Waals surface area contributed by atoms with Crippen LogP contribution in [-0.2, 0) is 11.2 Å². The molecule has 0 radical (unpaired) electrons. The van der Waals surface area contributed by atoms with E-state index in [2.05, 4.69) is 5.32 Å². The Labute approximate surface area is 191 Å². The van der Waals surface area contributed by atoms with Crippen LogP contribution < -0.4 is 14.8 Å². The molecule has 1 amide bonds. The number of hydrogen-bond acceptors (Lipinski definition) is 4. The van der Waals surface area contributed by atoms with Crippen LogP contribution in [-0.4, -0.2) is 25.1 Å². The topological polar surface area (TPSA) is 60.5 Å². The Morgan fingerprint density at radius 2 is 1.61 bits per heavy atom. The predicted octanol–water partition coefficient (Wildman–Crippen LogP) is 5.75. The molecule has 4 aromatic rings. The van der Waals surface area contributed by atoms with Gasteiger partial charge in [-0.15, -0.1) is 0 Å². The third-order valence-electron chi connectivity index (χ3n) is 5.17. The largest absolute Gasteiger partial charge is 0.497 e. The van der Waals surface area contributed by atoms with Crippen molar-refractivity contribution >= 4 is 11.6 Å². The summed E-state index contributed by atoms with van der Waals surface area (Å²) in [5, 5.41) is 2.87. The predicted molar refractivity (Wildman–Crippen MR) is 127 cm³/mol. The van der Waals surface area contributed by atoms with Crippen LogP contribution in [0.3, 0.4) is 0 Å². The van der Waals surface area contributed by atoms with E-state index in [-0.39, 0.29) is 18.1 Å². The number of nitrogens with one attached hydrogen (secondary N) is 1. The third kappa shape index (κ3) is 5.36. The Morgan fingerprint density at radius 3 is 2.30 bits per heavy atom. The Kier molecular flexibility index (Phi) is 6.64. The Bertz CT molecular complexity index is 1260. The summed E-state index contributed by atoms with van der Waals surface area (Å²) in [4.78, 5) is 17.1. The number of aromatic nitrogens is 1. The van der Waals surface area contributed by atoms with Gasteiger partial charge in [0.15, 0.2) is 0 Å². The molecule has 33 heavy (non-hydrogen) atoms. The first kappa shape index (κ1) is 22.0. The van der Waals surface area contributed by atoms with Crippen LogP contribution in [0.2, 0.25) is 0 Å². The van der Waals surface area contributed by atoms with Crippen molar-refractivity contribution in [1.82, 2.24) is 4.98 Å². The van der Waals surface area contributed by atoms with E-state index in [4.69, 9.17) is 14.5 Å². The third-order valence-corrected chi connectivity index (χ3v) is 5.17. The number of benzene rings is 3. The van der Waals surface area contributed by atoms with Gasteiger partial charge in [0.1, 0.15) is 17.3 Å². The second-order valence-electron chi connectivity index (χ2n) is 7.40. The van der Waals surface area contributed by atoms with Crippen molar-refractivity contribution in [3.63, 3.8) is 0 Å². The number of nitrogens with zero attached hydrogens (tertiary/aromatic N) is 1. The van der Waals surface area contributed by atoms with Crippen LogP contribution in [0.25, 0.3) is 22.5 Å². The van der Waals surface area contributed by atoms with Crippen molar-refractivity contribution < 1.29 is 18.7 Å². The molecule has 0 aliphatic heterocycles. The first-order valence-electron chi connectivity index (χ1n) is 10.4. The van der Waals surface area contributed by atoms with E-state index in [1.807, 2.05) is 60.7 Å². The van der Waals surface area contributed by atoms with Gasteiger partial charge in [-0.2, -0.15) is 0 Å². The molecule has 0 bridgehead atoms. The van der Waals surface area contributed by atoms with E-state index < -0.39 is 0 Å². The zero-order chi connectivity index (χ0) is 23.2. The molecular weight excluding hydrogens is 419 g/mol. The number of methoxy groups -OCH3 is 2. The molecule has 1 aromatic heterocycles. The number of rotatable bonds is 7. The highest BCUT2D eigenvalue weighted by atomic mass is 19.1. The normalized spacial score (nSPS) is 10.5. The lowest BCUT2D eigenvalue weighted by molar-refractivity contribution is -0.115. The first-order valence-corrected chi connectivity index (χ1v) is 10.4. The lowest BCUT2D eigenvalue weighted by Gasteiger charge is -2.11. The number of pyridine rings is 1. The highest BCUT2D eigenvalue weighted by molar-refractivity contribution is 5.92. The van der Waals surface area contributed by atoms with Gasteiger partial charge in [-0.1, -0.05) is 30.3 Å². The van der Waals surface area contributed by atoms with Gasteiger partial charge in [0, 0.05) is 16.8 Å². The summed E-state index contributed by atoms with van der Waals surface area (Å²) in [6.45, 7) is 0. The van der Waals surface area contributed by atoms with Crippen molar-refractivity contribution in [2.24, 2.45) is 0 Å². The van der Waals surface area contributed by atoms with E-state index in [0.29, 0.717) is 11.4 Å². The average molecular weight is 442 g/mol. The van der Waals surface area contributed by atoms with Crippen LogP contribution >= 0.6 is 0 Å². The number of hydrogen-bond donors (Lipinski definition) is 1. The SMILES string of the molecule is COc1ccc(OC)c(-c2cccc(-c3ccc(NC(=O)Cc4ccc(F)cc4)cc3)n2)c1. The fourth-order valence-electron chi connectivity index (χ4n) is 3.48. The molecule has 5 nitrogen and oxygen atoms in total. The maximum atomic E-state index is 13.0. The number of carbonyl (C=O) groups excluding carboxylic acids is 1. The van der Waals surface area contributed by atoms with E-state index in [0.717, 1.165) is 33.8 Å². The monoisotopic (exact) mass is 442 g/mol.